The van der Waals surface area contributed by atoms with Crippen LogP contribution in [0.4, 0.5) is 5.82 Å². The summed E-state index contributed by atoms with van der Waals surface area (Å²) in [5.41, 5.74) is 0.500. The Hall–Kier alpha value is -1.58. The van der Waals surface area contributed by atoms with Crippen LogP contribution < -0.4 is 9.64 Å². The molecule has 0 spiro atoms. The molecule has 0 bridgehead atoms. The zero-order valence-corrected chi connectivity index (χ0v) is 8.77. The number of aromatic nitrogens is 1. The summed E-state index contributed by atoms with van der Waals surface area (Å²) < 4.78 is 5.07. The minimum absolute atomic E-state index is 0.411. The number of rotatable bonds is 3. The van der Waals surface area contributed by atoms with Crippen LogP contribution in [-0.4, -0.2) is 31.5 Å². The van der Waals surface area contributed by atoms with Crippen LogP contribution >= 0.6 is 0 Å². The Kier molecular flexibility index (Phi) is 2.85. The van der Waals surface area contributed by atoms with E-state index in [0.717, 1.165) is 25.2 Å². The molecular weight excluding hydrogens is 192 g/mol. The molecule has 4 nitrogen and oxygen atoms in total. The van der Waals surface area contributed by atoms with Gasteiger partial charge in [0.05, 0.1) is 12.7 Å². The van der Waals surface area contributed by atoms with Crippen LogP contribution in [0.1, 0.15) is 23.2 Å². The lowest BCUT2D eigenvalue weighted by Gasteiger charge is -2.17. The molecule has 1 aromatic rings. The minimum Gasteiger partial charge on any atom is -0.480 e. The molecule has 1 saturated heterocycles. The van der Waals surface area contributed by atoms with Crippen molar-refractivity contribution in [2.45, 2.75) is 12.8 Å². The number of hydrogen-bond acceptors (Lipinski definition) is 4. The molecule has 0 aliphatic carbocycles. The maximum Gasteiger partial charge on any atom is 0.225 e. The van der Waals surface area contributed by atoms with Gasteiger partial charge in [-0.25, -0.2) is 0 Å². The molecule has 0 radical (unpaired) electrons. The first-order valence-corrected chi connectivity index (χ1v) is 5.10. The lowest BCUT2D eigenvalue weighted by molar-refractivity contribution is 0.112. The van der Waals surface area contributed by atoms with Gasteiger partial charge in [-0.15, -0.1) is 0 Å². The van der Waals surface area contributed by atoms with Crippen molar-refractivity contribution >= 4 is 12.1 Å². The van der Waals surface area contributed by atoms with Crippen LogP contribution in [-0.2, 0) is 0 Å². The molecule has 2 heterocycles. The maximum absolute atomic E-state index is 10.7. The molecule has 0 amide bonds. The van der Waals surface area contributed by atoms with Crippen LogP contribution in [0, 0.1) is 0 Å². The number of carbonyl (C=O) groups is 1. The van der Waals surface area contributed by atoms with E-state index in [4.69, 9.17) is 4.74 Å². The fourth-order valence-corrected chi connectivity index (χ4v) is 1.82. The summed E-state index contributed by atoms with van der Waals surface area (Å²) in [6, 6.07) is 3.63. The number of carbonyl (C=O) groups excluding carboxylic acids is 1. The predicted molar refractivity (Wildman–Crippen MR) is 57.6 cm³/mol. The van der Waals surface area contributed by atoms with Gasteiger partial charge in [-0.3, -0.25) is 4.79 Å². The average Bonchev–Trinajstić information content (AvgIpc) is 2.81. The van der Waals surface area contributed by atoms with Crippen molar-refractivity contribution in [3.05, 3.63) is 17.7 Å². The Bertz CT molecular complexity index is 360. The Morgan fingerprint density at radius 3 is 2.73 bits per heavy atom. The lowest BCUT2D eigenvalue weighted by atomic mass is 10.3. The summed E-state index contributed by atoms with van der Waals surface area (Å²) in [5, 5.41) is 0. The molecule has 80 valence electrons. The highest BCUT2D eigenvalue weighted by Gasteiger charge is 2.15. The first-order valence-electron chi connectivity index (χ1n) is 5.10. The minimum atomic E-state index is 0.411. The molecular formula is C11H14N2O2. The van der Waals surface area contributed by atoms with Crippen LogP contribution in [0.5, 0.6) is 5.88 Å². The summed E-state index contributed by atoms with van der Waals surface area (Å²) in [5.74, 6) is 1.31. The molecule has 0 atom stereocenters. The van der Waals surface area contributed by atoms with Crippen LogP contribution in [0.25, 0.3) is 0 Å². The highest BCUT2D eigenvalue weighted by molar-refractivity contribution is 5.78. The Morgan fingerprint density at radius 1 is 1.40 bits per heavy atom. The van der Waals surface area contributed by atoms with Gasteiger partial charge in [0.25, 0.3) is 0 Å². The molecule has 0 unspecified atom stereocenters. The Morgan fingerprint density at radius 2 is 2.13 bits per heavy atom. The number of methoxy groups -OCH3 is 1. The second-order valence-electron chi connectivity index (χ2n) is 3.58. The van der Waals surface area contributed by atoms with Gasteiger partial charge in [0, 0.05) is 13.1 Å². The van der Waals surface area contributed by atoms with Crippen molar-refractivity contribution < 1.29 is 9.53 Å². The molecule has 0 saturated carbocycles. The number of ether oxygens (including phenoxy) is 1. The van der Waals surface area contributed by atoms with E-state index in [2.05, 4.69) is 9.88 Å². The summed E-state index contributed by atoms with van der Waals surface area (Å²) in [7, 11) is 1.53. The molecule has 0 N–H and O–H groups in total. The van der Waals surface area contributed by atoms with E-state index in [1.54, 1.807) is 6.07 Å². The third-order valence-electron chi connectivity index (χ3n) is 2.63. The van der Waals surface area contributed by atoms with E-state index in [-0.39, 0.29) is 0 Å². The zero-order chi connectivity index (χ0) is 10.7. The number of hydrogen-bond donors (Lipinski definition) is 0. The Labute approximate surface area is 88.9 Å². The Balaban J connectivity index is 2.29. The van der Waals surface area contributed by atoms with Crippen molar-refractivity contribution in [3.8, 4) is 5.88 Å². The van der Waals surface area contributed by atoms with Gasteiger partial charge < -0.3 is 9.64 Å². The first kappa shape index (κ1) is 9.96. The van der Waals surface area contributed by atoms with Gasteiger partial charge in [0.15, 0.2) is 6.29 Å². The maximum atomic E-state index is 10.7. The highest BCUT2D eigenvalue weighted by atomic mass is 16.5. The van der Waals surface area contributed by atoms with Crippen molar-refractivity contribution in [3.63, 3.8) is 0 Å². The molecule has 1 aromatic heterocycles. The summed E-state index contributed by atoms with van der Waals surface area (Å²) >= 11 is 0. The fraction of sp³-hybridized carbons (Fsp3) is 0.455. The van der Waals surface area contributed by atoms with Crippen molar-refractivity contribution in [2.24, 2.45) is 0 Å². The van der Waals surface area contributed by atoms with E-state index in [1.807, 2.05) is 6.07 Å². The number of nitrogens with zero attached hydrogens (tertiary/aromatic N) is 2. The van der Waals surface area contributed by atoms with Gasteiger partial charge in [-0.05, 0) is 25.0 Å². The highest BCUT2D eigenvalue weighted by Crippen LogP contribution is 2.22. The van der Waals surface area contributed by atoms with Crippen LogP contribution in [0.2, 0.25) is 0 Å². The van der Waals surface area contributed by atoms with Crippen molar-refractivity contribution in [2.75, 3.05) is 25.1 Å². The zero-order valence-electron chi connectivity index (χ0n) is 8.77. The molecule has 2 rings (SSSR count). The van der Waals surface area contributed by atoms with E-state index in [0.29, 0.717) is 11.4 Å². The lowest BCUT2D eigenvalue weighted by Crippen LogP contribution is -2.19. The number of anilines is 1. The molecule has 4 heteroatoms. The summed E-state index contributed by atoms with van der Waals surface area (Å²) in [4.78, 5) is 17.2. The van der Waals surface area contributed by atoms with Crippen LogP contribution in [0.15, 0.2) is 12.1 Å². The normalized spacial score (nSPS) is 15.4. The smallest absolute Gasteiger partial charge is 0.225 e. The molecule has 1 aliphatic heterocycles. The second kappa shape index (κ2) is 4.29. The average molecular weight is 206 g/mol. The van der Waals surface area contributed by atoms with Gasteiger partial charge >= 0.3 is 0 Å². The number of aldehydes is 1. The van der Waals surface area contributed by atoms with Gasteiger partial charge in [0.2, 0.25) is 5.88 Å². The largest absolute Gasteiger partial charge is 0.480 e. The van der Waals surface area contributed by atoms with E-state index in [1.165, 1.54) is 20.0 Å². The predicted octanol–water partition coefficient (Wildman–Crippen LogP) is 1.50. The molecule has 1 fully saturated rings. The second-order valence-corrected chi connectivity index (χ2v) is 3.58. The molecule has 0 aromatic carbocycles. The fourth-order valence-electron chi connectivity index (χ4n) is 1.82. The summed E-state index contributed by atoms with van der Waals surface area (Å²) in [6.45, 7) is 2.08. The van der Waals surface area contributed by atoms with Crippen molar-refractivity contribution in [1.82, 2.24) is 4.98 Å². The van der Waals surface area contributed by atoms with E-state index < -0.39 is 0 Å². The summed E-state index contributed by atoms with van der Waals surface area (Å²) in [6.07, 6.45) is 3.18. The van der Waals surface area contributed by atoms with E-state index >= 15 is 0 Å². The quantitative estimate of drug-likeness (QED) is 0.703. The monoisotopic (exact) mass is 206 g/mol. The van der Waals surface area contributed by atoms with Crippen molar-refractivity contribution in [1.29, 1.82) is 0 Å². The standard InChI is InChI=1S/C11H14N2O2/c1-15-11-9(8-14)4-5-10(12-11)13-6-2-3-7-13/h4-5,8H,2-3,6-7H2,1H3. The van der Waals surface area contributed by atoms with E-state index in [9.17, 15) is 4.79 Å². The third-order valence-corrected chi connectivity index (χ3v) is 2.63. The van der Waals surface area contributed by atoms with Crippen LogP contribution in [0.3, 0.4) is 0 Å². The molecule has 15 heavy (non-hydrogen) atoms. The SMILES string of the molecule is COc1nc(N2CCCC2)ccc1C=O. The topological polar surface area (TPSA) is 42.4 Å². The third kappa shape index (κ3) is 1.93. The van der Waals surface area contributed by atoms with Gasteiger partial charge in [-0.1, -0.05) is 0 Å². The van der Waals surface area contributed by atoms with Gasteiger partial charge in [0.1, 0.15) is 5.82 Å². The molecule has 1 aliphatic rings. The number of pyridine rings is 1. The first-order chi connectivity index (χ1) is 7.35. The van der Waals surface area contributed by atoms with Gasteiger partial charge in [-0.2, -0.15) is 4.98 Å².